The Morgan fingerprint density at radius 3 is 2.53 bits per heavy atom. The number of anilines is 1. The fourth-order valence-electron chi connectivity index (χ4n) is 1.74. The van der Waals surface area contributed by atoms with Gasteiger partial charge in [0.1, 0.15) is 17.3 Å². The van der Waals surface area contributed by atoms with Crippen molar-refractivity contribution in [2.24, 2.45) is 0 Å². The van der Waals surface area contributed by atoms with Crippen LogP contribution in [0.4, 0.5) is 10.1 Å². The lowest BCUT2D eigenvalue weighted by Crippen LogP contribution is -2.05. The van der Waals surface area contributed by atoms with Gasteiger partial charge in [-0.05, 0) is 56.7 Å². The van der Waals surface area contributed by atoms with Crippen LogP contribution in [0.15, 0.2) is 34.7 Å². The zero-order valence-electron chi connectivity index (χ0n) is 10.3. The van der Waals surface area contributed by atoms with Crippen LogP contribution in [-0.2, 0) is 0 Å². The highest BCUT2D eigenvalue weighted by molar-refractivity contribution is 5.47. The third kappa shape index (κ3) is 2.67. The van der Waals surface area contributed by atoms with E-state index in [1.165, 1.54) is 6.07 Å². The summed E-state index contributed by atoms with van der Waals surface area (Å²) in [7, 11) is 0. The molecule has 0 bridgehead atoms. The first kappa shape index (κ1) is 11.7. The van der Waals surface area contributed by atoms with Crippen LogP contribution in [0.3, 0.4) is 0 Å². The molecule has 0 amide bonds. The summed E-state index contributed by atoms with van der Waals surface area (Å²) in [5.41, 5.74) is 1.53. The van der Waals surface area contributed by atoms with Crippen LogP contribution in [0, 0.1) is 19.7 Å². The van der Waals surface area contributed by atoms with E-state index in [0.29, 0.717) is 5.56 Å². The molecule has 1 unspecified atom stereocenters. The summed E-state index contributed by atoms with van der Waals surface area (Å²) in [5.74, 6) is 1.59. The highest BCUT2D eigenvalue weighted by atomic mass is 19.1. The molecule has 1 atom stereocenters. The van der Waals surface area contributed by atoms with Crippen LogP contribution in [-0.4, -0.2) is 0 Å². The molecule has 17 heavy (non-hydrogen) atoms. The summed E-state index contributed by atoms with van der Waals surface area (Å²) < 4.78 is 18.7. The predicted octanol–water partition coefficient (Wildman–Crippen LogP) is 4.21. The molecule has 1 heterocycles. The average Bonchev–Trinajstić information content (AvgIpc) is 2.70. The molecular weight excluding hydrogens is 217 g/mol. The van der Waals surface area contributed by atoms with Gasteiger partial charge in [-0.2, -0.15) is 0 Å². The van der Waals surface area contributed by atoms with Crippen LogP contribution in [0.5, 0.6) is 0 Å². The second kappa shape index (κ2) is 4.62. The van der Waals surface area contributed by atoms with Gasteiger partial charge in [0, 0.05) is 5.69 Å². The molecule has 1 aromatic carbocycles. The molecule has 0 saturated carbocycles. The standard InChI is InChI=1S/C14H16FNO/c1-9-8-12(5-6-13(9)15)16-11(3)14-7-4-10(2)17-14/h4-8,11,16H,1-3H3. The number of nitrogens with one attached hydrogen (secondary N) is 1. The van der Waals surface area contributed by atoms with E-state index in [0.717, 1.165) is 17.2 Å². The first-order valence-electron chi connectivity index (χ1n) is 5.65. The maximum Gasteiger partial charge on any atom is 0.126 e. The number of aryl methyl sites for hydroxylation is 2. The van der Waals surface area contributed by atoms with Gasteiger partial charge in [0.2, 0.25) is 0 Å². The second-order valence-electron chi connectivity index (χ2n) is 4.28. The van der Waals surface area contributed by atoms with Crippen LogP contribution >= 0.6 is 0 Å². The van der Waals surface area contributed by atoms with Gasteiger partial charge in [-0.15, -0.1) is 0 Å². The van der Waals surface area contributed by atoms with E-state index in [-0.39, 0.29) is 11.9 Å². The summed E-state index contributed by atoms with van der Waals surface area (Å²) >= 11 is 0. The second-order valence-corrected chi connectivity index (χ2v) is 4.28. The van der Waals surface area contributed by atoms with Crippen molar-refractivity contribution in [3.05, 3.63) is 53.2 Å². The molecule has 1 aromatic heterocycles. The zero-order chi connectivity index (χ0) is 12.4. The van der Waals surface area contributed by atoms with E-state index in [1.54, 1.807) is 19.1 Å². The van der Waals surface area contributed by atoms with Gasteiger partial charge in [-0.1, -0.05) is 0 Å². The summed E-state index contributed by atoms with van der Waals surface area (Å²) in [4.78, 5) is 0. The fourth-order valence-corrected chi connectivity index (χ4v) is 1.74. The Labute approximate surface area is 100 Å². The minimum Gasteiger partial charge on any atom is -0.464 e. The van der Waals surface area contributed by atoms with Crippen molar-refractivity contribution < 1.29 is 8.81 Å². The van der Waals surface area contributed by atoms with Crippen molar-refractivity contribution in [2.75, 3.05) is 5.32 Å². The monoisotopic (exact) mass is 233 g/mol. The molecule has 2 nitrogen and oxygen atoms in total. The lowest BCUT2D eigenvalue weighted by atomic mass is 10.2. The maximum atomic E-state index is 13.1. The number of hydrogen-bond acceptors (Lipinski definition) is 2. The summed E-state index contributed by atoms with van der Waals surface area (Å²) in [6.07, 6.45) is 0. The first-order chi connectivity index (χ1) is 8.06. The SMILES string of the molecule is Cc1ccc(C(C)Nc2ccc(F)c(C)c2)o1. The Bertz CT molecular complexity index is 519. The van der Waals surface area contributed by atoms with Crippen molar-refractivity contribution in [1.29, 1.82) is 0 Å². The molecule has 0 spiro atoms. The van der Waals surface area contributed by atoms with Gasteiger partial charge in [0.25, 0.3) is 0 Å². The molecule has 3 heteroatoms. The van der Waals surface area contributed by atoms with Crippen LogP contribution in [0.2, 0.25) is 0 Å². The van der Waals surface area contributed by atoms with E-state index in [1.807, 2.05) is 26.0 Å². The van der Waals surface area contributed by atoms with Crippen LogP contribution in [0.25, 0.3) is 0 Å². The molecule has 0 aliphatic heterocycles. The van der Waals surface area contributed by atoms with Crippen molar-refractivity contribution in [3.8, 4) is 0 Å². The van der Waals surface area contributed by atoms with Gasteiger partial charge >= 0.3 is 0 Å². The normalized spacial score (nSPS) is 12.5. The molecule has 0 aliphatic carbocycles. The van der Waals surface area contributed by atoms with Gasteiger partial charge in [0.15, 0.2) is 0 Å². The van der Waals surface area contributed by atoms with Gasteiger partial charge in [-0.25, -0.2) is 4.39 Å². The molecule has 0 aliphatic rings. The van der Waals surface area contributed by atoms with Crippen LogP contribution < -0.4 is 5.32 Å². The predicted molar refractivity (Wildman–Crippen MR) is 66.6 cm³/mol. The first-order valence-corrected chi connectivity index (χ1v) is 5.65. The molecule has 2 aromatic rings. The number of halogens is 1. The highest BCUT2D eigenvalue weighted by Crippen LogP contribution is 2.22. The number of benzene rings is 1. The topological polar surface area (TPSA) is 25.2 Å². The maximum absolute atomic E-state index is 13.1. The fraction of sp³-hybridized carbons (Fsp3) is 0.286. The zero-order valence-corrected chi connectivity index (χ0v) is 10.3. The van der Waals surface area contributed by atoms with E-state index in [9.17, 15) is 4.39 Å². The number of hydrogen-bond donors (Lipinski definition) is 1. The van der Waals surface area contributed by atoms with Crippen LogP contribution in [0.1, 0.15) is 30.0 Å². The lowest BCUT2D eigenvalue weighted by molar-refractivity contribution is 0.467. The third-order valence-electron chi connectivity index (χ3n) is 2.73. The Morgan fingerprint density at radius 1 is 1.18 bits per heavy atom. The third-order valence-corrected chi connectivity index (χ3v) is 2.73. The quantitative estimate of drug-likeness (QED) is 0.859. The lowest BCUT2D eigenvalue weighted by Gasteiger charge is -2.13. The van der Waals surface area contributed by atoms with Gasteiger partial charge in [-0.3, -0.25) is 0 Å². The van der Waals surface area contributed by atoms with Gasteiger partial charge in [0.05, 0.1) is 6.04 Å². The van der Waals surface area contributed by atoms with Gasteiger partial charge < -0.3 is 9.73 Å². The minimum absolute atomic E-state index is 0.0635. The van der Waals surface area contributed by atoms with E-state index in [4.69, 9.17) is 4.42 Å². The Morgan fingerprint density at radius 2 is 1.94 bits per heavy atom. The Kier molecular flexibility index (Phi) is 3.18. The molecule has 0 fully saturated rings. The molecular formula is C14H16FNO. The van der Waals surface area contributed by atoms with E-state index < -0.39 is 0 Å². The van der Waals surface area contributed by atoms with Crippen molar-refractivity contribution in [1.82, 2.24) is 0 Å². The smallest absolute Gasteiger partial charge is 0.126 e. The summed E-state index contributed by atoms with van der Waals surface area (Å²) in [6.45, 7) is 5.68. The Balaban J connectivity index is 2.12. The van der Waals surface area contributed by atoms with Crippen molar-refractivity contribution in [2.45, 2.75) is 26.8 Å². The molecule has 90 valence electrons. The molecule has 2 rings (SSSR count). The molecule has 0 saturated heterocycles. The van der Waals surface area contributed by atoms with E-state index in [2.05, 4.69) is 5.32 Å². The molecule has 0 radical (unpaired) electrons. The summed E-state index contributed by atoms with van der Waals surface area (Å²) in [5, 5.41) is 3.28. The van der Waals surface area contributed by atoms with Crippen molar-refractivity contribution >= 4 is 5.69 Å². The highest BCUT2D eigenvalue weighted by Gasteiger charge is 2.09. The molecule has 1 N–H and O–H groups in total. The van der Waals surface area contributed by atoms with Crippen molar-refractivity contribution in [3.63, 3.8) is 0 Å². The summed E-state index contributed by atoms with van der Waals surface area (Å²) in [6, 6.07) is 8.94. The number of rotatable bonds is 3. The average molecular weight is 233 g/mol. The number of furan rings is 1. The Hall–Kier alpha value is -1.77. The largest absolute Gasteiger partial charge is 0.464 e. The van der Waals surface area contributed by atoms with E-state index >= 15 is 0 Å². The minimum atomic E-state index is -0.183.